The van der Waals surface area contributed by atoms with Gasteiger partial charge in [-0.1, -0.05) is 0 Å². The molecule has 1 aromatic carbocycles. The number of benzene rings is 1. The molecule has 0 saturated heterocycles. The highest BCUT2D eigenvalue weighted by molar-refractivity contribution is 14.1. The van der Waals surface area contributed by atoms with Crippen LogP contribution in [0.4, 0.5) is 0 Å². The molecule has 0 spiro atoms. The van der Waals surface area contributed by atoms with E-state index in [9.17, 15) is 4.79 Å². The van der Waals surface area contributed by atoms with Gasteiger partial charge >= 0.3 is 5.97 Å². The van der Waals surface area contributed by atoms with E-state index in [1.54, 1.807) is 0 Å². The molecule has 13 heavy (non-hydrogen) atoms. The van der Waals surface area contributed by atoms with E-state index in [1.807, 2.05) is 6.07 Å². The quantitative estimate of drug-likeness (QED) is 0.381. The second-order valence-corrected chi connectivity index (χ2v) is 5.25. The summed E-state index contributed by atoms with van der Waals surface area (Å²) in [4.78, 5) is 11.0. The van der Waals surface area contributed by atoms with Crippen molar-refractivity contribution in [2.75, 3.05) is 0 Å². The van der Waals surface area contributed by atoms with E-state index in [2.05, 4.69) is 51.2 Å². The van der Waals surface area contributed by atoms with Gasteiger partial charge in [-0.05, 0) is 63.7 Å². The van der Waals surface area contributed by atoms with Gasteiger partial charge in [0.25, 0.3) is 0 Å². The van der Waals surface area contributed by atoms with E-state index >= 15 is 0 Å². The molecule has 1 aliphatic heterocycles. The second kappa shape index (κ2) is 3.72. The Bertz CT molecular complexity index is 374. The minimum atomic E-state index is -0.120. The van der Waals surface area contributed by atoms with Crippen LogP contribution in [0.3, 0.4) is 0 Å². The Morgan fingerprint density at radius 1 is 1.23 bits per heavy atom. The zero-order chi connectivity index (χ0) is 9.42. The molecule has 0 aromatic heterocycles. The normalized spacial score (nSPS) is 15.1. The zero-order valence-corrected chi connectivity index (χ0v) is 11.0. The summed E-state index contributed by atoms with van der Waals surface area (Å²) < 4.78 is 7.44. The van der Waals surface area contributed by atoms with E-state index in [-0.39, 0.29) is 5.97 Å². The molecule has 0 fully saturated rings. The minimum absolute atomic E-state index is 0.120. The van der Waals surface area contributed by atoms with E-state index in [0.29, 0.717) is 6.42 Å². The molecule has 1 aromatic rings. The summed E-state index contributed by atoms with van der Waals surface area (Å²) >= 11 is 4.50. The SMILES string of the molecule is O=C1CCc2c(I)cc(I)cc2O1. The number of carbonyl (C=O) groups is 1. The fraction of sp³-hybridized carbons (Fsp3) is 0.222. The van der Waals surface area contributed by atoms with Crippen molar-refractivity contribution in [1.82, 2.24) is 0 Å². The summed E-state index contributed by atoms with van der Waals surface area (Å²) in [5.41, 5.74) is 1.17. The van der Waals surface area contributed by atoms with Crippen molar-refractivity contribution >= 4 is 51.2 Å². The van der Waals surface area contributed by atoms with Gasteiger partial charge in [0.15, 0.2) is 0 Å². The topological polar surface area (TPSA) is 26.3 Å². The molecule has 0 atom stereocenters. The van der Waals surface area contributed by atoms with E-state index < -0.39 is 0 Å². The van der Waals surface area contributed by atoms with Crippen LogP contribution in [0.5, 0.6) is 5.75 Å². The third-order valence-electron chi connectivity index (χ3n) is 1.92. The van der Waals surface area contributed by atoms with Gasteiger partial charge in [0.05, 0.1) is 6.42 Å². The maximum Gasteiger partial charge on any atom is 0.311 e. The highest BCUT2D eigenvalue weighted by atomic mass is 127. The van der Waals surface area contributed by atoms with Crippen LogP contribution in [-0.4, -0.2) is 5.97 Å². The highest BCUT2D eigenvalue weighted by Gasteiger charge is 2.19. The van der Waals surface area contributed by atoms with E-state index in [4.69, 9.17) is 4.74 Å². The monoisotopic (exact) mass is 400 g/mol. The molecule has 0 N–H and O–H groups in total. The number of halogens is 2. The molecule has 2 rings (SSSR count). The lowest BCUT2D eigenvalue weighted by Gasteiger charge is -2.16. The molecular weight excluding hydrogens is 394 g/mol. The van der Waals surface area contributed by atoms with Gasteiger partial charge in [0.1, 0.15) is 5.75 Å². The summed E-state index contributed by atoms with van der Waals surface area (Å²) in [5.74, 6) is 0.623. The fourth-order valence-electron chi connectivity index (χ4n) is 1.31. The molecule has 0 radical (unpaired) electrons. The Balaban J connectivity index is 2.53. The number of rotatable bonds is 0. The third kappa shape index (κ3) is 1.98. The first kappa shape index (κ1) is 9.70. The summed E-state index contributed by atoms with van der Waals surface area (Å²) in [6, 6.07) is 4.01. The van der Waals surface area contributed by atoms with Crippen LogP contribution in [0.15, 0.2) is 12.1 Å². The van der Waals surface area contributed by atoms with Crippen LogP contribution >= 0.6 is 45.2 Å². The van der Waals surface area contributed by atoms with Crippen LogP contribution < -0.4 is 4.74 Å². The Hall–Kier alpha value is 0.150. The first-order valence-corrected chi connectivity index (χ1v) is 6.01. The Morgan fingerprint density at radius 3 is 2.77 bits per heavy atom. The molecule has 1 aliphatic rings. The number of hydrogen-bond acceptors (Lipinski definition) is 2. The standard InChI is InChI=1S/C9H6I2O2/c10-5-3-7(11)6-1-2-9(12)13-8(6)4-5/h3-4H,1-2H2. The summed E-state index contributed by atoms with van der Waals surface area (Å²) in [5, 5.41) is 0. The number of hydrogen-bond donors (Lipinski definition) is 0. The Kier molecular flexibility index (Phi) is 2.77. The van der Waals surface area contributed by atoms with E-state index in [1.165, 1.54) is 9.13 Å². The van der Waals surface area contributed by atoms with Gasteiger partial charge in [-0.2, -0.15) is 0 Å². The highest BCUT2D eigenvalue weighted by Crippen LogP contribution is 2.31. The van der Waals surface area contributed by atoms with Crippen molar-refractivity contribution in [3.63, 3.8) is 0 Å². The number of carbonyl (C=O) groups excluding carboxylic acids is 1. The van der Waals surface area contributed by atoms with Crippen LogP contribution in [0, 0.1) is 7.14 Å². The van der Waals surface area contributed by atoms with Gasteiger partial charge < -0.3 is 4.74 Å². The molecule has 0 amide bonds. The average molecular weight is 400 g/mol. The number of fused-ring (bicyclic) bond motifs is 1. The fourth-order valence-corrected chi connectivity index (χ4v) is 3.38. The largest absolute Gasteiger partial charge is 0.426 e. The molecule has 1 heterocycles. The van der Waals surface area contributed by atoms with Crippen molar-refractivity contribution in [3.05, 3.63) is 24.8 Å². The third-order valence-corrected chi connectivity index (χ3v) is 3.51. The van der Waals surface area contributed by atoms with Crippen molar-refractivity contribution in [2.24, 2.45) is 0 Å². The predicted molar refractivity (Wildman–Crippen MR) is 65.8 cm³/mol. The number of ether oxygens (including phenoxy) is 1. The van der Waals surface area contributed by atoms with Crippen molar-refractivity contribution in [1.29, 1.82) is 0 Å². The molecule has 68 valence electrons. The maximum absolute atomic E-state index is 11.0. The van der Waals surface area contributed by atoms with Crippen LogP contribution in [0.1, 0.15) is 12.0 Å². The first-order valence-electron chi connectivity index (χ1n) is 3.85. The van der Waals surface area contributed by atoms with Crippen LogP contribution in [0.2, 0.25) is 0 Å². The predicted octanol–water partition coefficient (Wildman–Crippen LogP) is 2.75. The summed E-state index contributed by atoms with van der Waals surface area (Å²) in [6.45, 7) is 0. The van der Waals surface area contributed by atoms with Gasteiger partial charge in [-0.15, -0.1) is 0 Å². The summed E-state index contributed by atoms with van der Waals surface area (Å²) in [6.07, 6.45) is 1.31. The smallest absolute Gasteiger partial charge is 0.311 e. The molecule has 0 saturated carbocycles. The lowest BCUT2D eigenvalue weighted by molar-refractivity contribution is -0.135. The number of esters is 1. The molecule has 0 aliphatic carbocycles. The minimum Gasteiger partial charge on any atom is -0.426 e. The molecule has 4 heteroatoms. The van der Waals surface area contributed by atoms with Gasteiger partial charge in [0, 0.05) is 12.7 Å². The molecule has 0 bridgehead atoms. The van der Waals surface area contributed by atoms with E-state index in [0.717, 1.165) is 15.7 Å². The van der Waals surface area contributed by atoms with Crippen molar-refractivity contribution in [3.8, 4) is 5.75 Å². The molecule has 0 unspecified atom stereocenters. The zero-order valence-electron chi connectivity index (χ0n) is 6.64. The molecular formula is C9H6I2O2. The van der Waals surface area contributed by atoms with Crippen LogP contribution in [-0.2, 0) is 11.2 Å². The lowest BCUT2D eigenvalue weighted by Crippen LogP contribution is -2.16. The molecule has 2 nitrogen and oxygen atoms in total. The first-order chi connectivity index (χ1) is 6.16. The lowest BCUT2D eigenvalue weighted by atomic mass is 10.1. The summed E-state index contributed by atoms with van der Waals surface area (Å²) in [7, 11) is 0. The maximum atomic E-state index is 11.0. The van der Waals surface area contributed by atoms with Crippen molar-refractivity contribution in [2.45, 2.75) is 12.8 Å². The van der Waals surface area contributed by atoms with Crippen molar-refractivity contribution < 1.29 is 9.53 Å². The van der Waals surface area contributed by atoms with Gasteiger partial charge in [-0.3, -0.25) is 4.79 Å². The Labute approximate surface area is 103 Å². The average Bonchev–Trinajstić information content (AvgIpc) is 2.02. The van der Waals surface area contributed by atoms with Gasteiger partial charge in [0.2, 0.25) is 0 Å². The second-order valence-electron chi connectivity index (χ2n) is 2.84. The van der Waals surface area contributed by atoms with Crippen LogP contribution in [0.25, 0.3) is 0 Å². The van der Waals surface area contributed by atoms with Gasteiger partial charge in [-0.25, -0.2) is 0 Å². The Morgan fingerprint density at radius 2 is 2.00 bits per heavy atom.